The van der Waals surface area contributed by atoms with Crippen LogP contribution in [0.15, 0.2) is 18.2 Å². The number of rotatable bonds is 6. The van der Waals surface area contributed by atoms with Crippen molar-refractivity contribution in [3.05, 3.63) is 34.9 Å². The van der Waals surface area contributed by atoms with E-state index in [1.165, 1.54) is 16.7 Å². The molecule has 0 spiro atoms. The largest absolute Gasteiger partial charge is 0.338 e. The lowest BCUT2D eigenvalue weighted by molar-refractivity contribution is -0.131. The lowest BCUT2D eigenvalue weighted by atomic mass is 10.1. The van der Waals surface area contributed by atoms with Gasteiger partial charge in [0, 0.05) is 18.3 Å². The van der Waals surface area contributed by atoms with E-state index in [-0.39, 0.29) is 28.7 Å². The summed E-state index contributed by atoms with van der Waals surface area (Å²) in [6, 6.07) is 6.22. The Morgan fingerprint density at radius 3 is 2.67 bits per heavy atom. The summed E-state index contributed by atoms with van der Waals surface area (Å²) < 4.78 is 23.4. The fraction of sp³-hybridized carbons (Fsp3) is 0.611. The molecular formula is C18H27NO3S2. The first-order valence-electron chi connectivity index (χ1n) is 8.42. The van der Waals surface area contributed by atoms with E-state index in [4.69, 9.17) is 0 Å². The Morgan fingerprint density at radius 1 is 1.38 bits per heavy atom. The van der Waals surface area contributed by atoms with Gasteiger partial charge in [-0.2, -0.15) is 0 Å². The third kappa shape index (κ3) is 4.76. The van der Waals surface area contributed by atoms with Gasteiger partial charge in [0.15, 0.2) is 9.84 Å². The quantitative estimate of drug-likeness (QED) is 0.774. The van der Waals surface area contributed by atoms with E-state index in [2.05, 4.69) is 32.0 Å². The normalized spacial score (nSPS) is 20.8. The molecule has 1 heterocycles. The zero-order valence-corrected chi connectivity index (χ0v) is 16.5. The molecule has 6 heteroatoms. The SMILES string of the molecule is CCN(C(=O)C(C)SCc1cc(C)ccc1C)C1CCS(=O)(=O)C1. The number of amides is 1. The second-order valence-corrected chi connectivity index (χ2v) is 10.1. The highest BCUT2D eigenvalue weighted by Crippen LogP contribution is 2.25. The average Bonchev–Trinajstić information content (AvgIpc) is 2.88. The van der Waals surface area contributed by atoms with Crippen LogP contribution in [-0.2, 0) is 20.4 Å². The van der Waals surface area contributed by atoms with E-state index in [1.807, 2.05) is 13.8 Å². The standard InChI is InChI=1S/C18H27NO3S2/c1-5-19(17-8-9-24(21,22)12-17)18(20)15(4)23-11-16-10-13(2)6-7-14(16)3/h6-7,10,15,17H,5,8-9,11-12H2,1-4H3. The number of hydrogen-bond donors (Lipinski definition) is 0. The number of hydrogen-bond acceptors (Lipinski definition) is 4. The lowest BCUT2D eigenvalue weighted by Gasteiger charge is -2.29. The predicted octanol–water partition coefficient (Wildman–Crippen LogP) is 2.96. The fourth-order valence-corrected chi connectivity index (χ4v) is 5.84. The van der Waals surface area contributed by atoms with E-state index < -0.39 is 9.84 Å². The molecule has 1 aromatic carbocycles. The summed E-state index contributed by atoms with van der Waals surface area (Å²) in [5.41, 5.74) is 3.72. The van der Waals surface area contributed by atoms with Crippen molar-refractivity contribution in [3.63, 3.8) is 0 Å². The first-order valence-corrected chi connectivity index (χ1v) is 11.3. The molecule has 24 heavy (non-hydrogen) atoms. The number of benzene rings is 1. The van der Waals surface area contributed by atoms with Crippen LogP contribution in [0.3, 0.4) is 0 Å². The molecule has 2 atom stereocenters. The Kier molecular flexibility index (Phi) is 6.37. The van der Waals surface area contributed by atoms with Crippen molar-refractivity contribution < 1.29 is 13.2 Å². The van der Waals surface area contributed by atoms with Crippen molar-refractivity contribution in [3.8, 4) is 0 Å². The van der Waals surface area contributed by atoms with Crippen LogP contribution in [0.1, 0.15) is 37.0 Å². The molecule has 1 fully saturated rings. The van der Waals surface area contributed by atoms with Gasteiger partial charge in [0.1, 0.15) is 0 Å². The van der Waals surface area contributed by atoms with Crippen LogP contribution >= 0.6 is 11.8 Å². The Balaban J connectivity index is 1.99. The zero-order valence-electron chi connectivity index (χ0n) is 14.9. The van der Waals surface area contributed by atoms with Crippen LogP contribution in [-0.4, -0.2) is 48.6 Å². The minimum atomic E-state index is -2.98. The van der Waals surface area contributed by atoms with E-state index in [9.17, 15) is 13.2 Å². The molecule has 0 saturated carbocycles. The van der Waals surface area contributed by atoms with E-state index >= 15 is 0 Å². The molecule has 0 N–H and O–H groups in total. The summed E-state index contributed by atoms with van der Waals surface area (Å²) >= 11 is 1.62. The minimum absolute atomic E-state index is 0.0508. The molecule has 1 aliphatic rings. The second-order valence-electron chi connectivity index (χ2n) is 6.56. The first kappa shape index (κ1) is 19.3. The Hall–Kier alpha value is -1.01. The number of nitrogens with zero attached hydrogens (tertiary/aromatic N) is 1. The van der Waals surface area contributed by atoms with Crippen molar-refractivity contribution in [1.29, 1.82) is 0 Å². The van der Waals surface area contributed by atoms with Gasteiger partial charge in [-0.05, 0) is 45.2 Å². The molecule has 0 radical (unpaired) electrons. The van der Waals surface area contributed by atoms with Gasteiger partial charge in [-0.3, -0.25) is 4.79 Å². The monoisotopic (exact) mass is 369 g/mol. The van der Waals surface area contributed by atoms with E-state index in [0.29, 0.717) is 13.0 Å². The molecule has 0 aromatic heterocycles. The number of carbonyl (C=O) groups excluding carboxylic acids is 1. The topological polar surface area (TPSA) is 54.5 Å². The first-order chi connectivity index (χ1) is 11.2. The molecule has 1 amide bonds. The zero-order chi connectivity index (χ0) is 17.9. The summed E-state index contributed by atoms with van der Waals surface area (Å²) in [5.74, 6) is 1.16. The van der Waals surface area contributed by atoms with Crippen LogP contribution in [0.4, 0.5) is 0 Å². The maximum absolute atomic E-state index is 12.8. The van der Waals surface area contributed by atoms with Crippen molar-refractivity contribution in [2.75, 3.05) is 18.1 Å². The maximum Gasteiger partial charge on any atom is 0.235 e. The molecule has 134 valence electrons. The van der Waals surface area contributed by atoms with Gasteiger partial charge < -0.3 is 4.90 Å². The van der Waals surface area contributed by atoms with Crippen molar-refractivity contribution in [2.24, 2.45) is 0 Å². The molecule has 0 bridgehead atoms. The highest BCUT2D eigenvalue weighted by molar-refractivity contribution is 7.99. The summed E-state index contributed by atoms with van der Waals surface area (Å²) in [6.45, 7) is 8.56. The molecule has 4 nitrogen and oxygen atoms in total. The van der Waals surface area contributed by atoms with Crippen LogP contribution < -0.4 is 0 Å². The second kappa shape index (κ2) is 7.91. The minimum Gasteiger partial charge on any atom is -0.338 e. The van der Waals surface area contributed by atoms with Gasteiger partial charge in [-0.1, -0.05) is 23.8 Å². The van der Waals surface area contributed by atoms with Gasteiger partial charge in [0.2, 0.25) is 5.91 Å². The summed E-state index contributed by atoms with van der Waals surface area (Å²) in [6.07, 6.45) is 0.566. The lowest BCUT2D eigenvalue weighted by Crippen LogP contribution is -2.44. The summed E-state index contributed by atoms with van der Waals surface area (Å²) in [7, 11) is -2.98. The third-order valence-electron chi connectivity index (χ3n) is 4.61. The van der Waals surface area contributed by atoms with Gasteiger partial charge >= 0.3 is 0 Å². The predicted molar refractivity (Wildman–Crippen MR) is 101 cm³/mol. The molecule has 1 saturated heterocycles. The van der Waals surface area contributed by atoms with Crippen LogP contribution in [0.2, 0.25) is 0 Å². The van der Waals surface area contributed by atoms with Gasteiger partial charge in [0.25, 0.3) is 0 Å². The number of carbonyl (C=O) groups is 1. The van der Waals surface area contributed by atoms with Crippen LogP contribution in [0, 0.1) is 13.8 Å². The van der Waals surface area contributed by atoms with Crippen LogP contribution in [0.25, 0.3) is 0 Å². The van der Waals surface area contributed by atoms with E-state index in [1.54, 1.807) is 16.7 Å². The summed E-state index contributed by atoms with van der Waals surface area (Å²) in [4.78, 5) is 14.5. The average molecular weight is 370 g/mol. The van der Waals surface area contributed by atoms with Gasteiger partial charge in [-0.25, -0.2) is 8.42 Å². The molecular weight excluding hydrogens is 342 g/mol. The number of aryl methyl sites for hydroxylation is 2. The third-order valence-corrected chi connectivity index (χ3v) is 7.54. The van der Waals surface area contributed by atoms with Gasteiger partial charge in [0.05, 0.1) is 16.8 Å². The summed E-state index contributed by atoms with van der Waals surface area (Å²) in [5, 5.41) is -0.173. The number of thioether (sulfide) groups is 1. The highest BCUT2D eigenvalue weighted by Gasteiger charge is 2.35. The highest BCUT2D eigenvalue weighted by atomic mass is 32.2. The Labute approximate surface area is 149 Å². The molecule has 0 aliphatic carbocycles. The molecule has 2 unspecified atom stereocenters. The molecule has 2 rings (SSSR count). The van der Waals surface area contributed by atoms with E-state index in [0.717, 1.165) is 5.75 Å². The van der Waals surface area contributed by atoms with Gasteiger partial charge in [-0.15, -0.1) is 11.8 Å². The number of sulfone groups is 1. The Bertz CT molecular complexity index is 700. The maximum atomic E-state index is 12.8. The van der Waals surface area contributed by atoms with Crippen LogP contribution in [0.5, 0.6) is 0 Å². The molecule has 1 aliphatic heterocycles. The van der Waals surface area contributed by atoms with Crippen molar-refractivity contribution in [2.45, 2.75) is 51.2 Å². The smallest absolute Gasteiger partial charge is 0.235 e. The fourth-order valence-electron chi connectivity index (χ4n) is 3.09. The Morgan fingerprint density at radius 2 is 2.08 bits per heavy atom. The van der Waals surface area contributed by atoms with Crippen molar-refractivity contribution in [1.82, 2.24) is 4.90 Å². The van der Waals surface area contributed by atoms with Crippen molar-refractivity contribution >= 4 is 27.5 Å². The molecule has 1 aromatic rings.